The number of nitrogens with two attached hydrogens (primary N) is 1. The highest BCUT2D eigenvalue weighted by molar-refractivity contribution is 5.51. The Hall–Kier alpha value is -2.67. The van der Waals surface area contributed by atoms with Crippen molar-refractivity contribution in [1.29, 1.82) is 0 Å². The zero-order valence-corrected chi connectivity index (χ0v) is 12.5. The summed E-state index contributed by atoms with van der Waals surface area (Å²) < 4.78 is 19.3. The van der Waals surface area contributed by atoms with E-state index in [1.807, 2.05) is 19.1 Å². The Morgan fingerprint density at radius 3 is 2.68 bits per heavy atom. The average molecular weight is 306 g/mol. The first-order chi connectivity index (χ1) is 10.6. The molecular formula is C15H19FN4O2. The lowest BCUT2D eigenvalue weighted by Gasteiger charge is -2.12. The van der Waals surface area contributed by atoms with E-state index in [-0.39, 0.29) is 12.4 Å². The van der Waals surface area contributed by atoms with Crippen molar-refractivity contribution in [3.8, 4) is 5.75 Å². The summed E-state index contributed by atoms with van der Waals surface area (Å²) in [6.45, 7) is 2.03. The van der Waals surface area contributed by atoms with Crippen molar-refractivity contribution >= 4 is 12.1 Å². The van der Waals surface area contributed by atoms with Gasteiger partial charge in [-0.15, -0.1) is 0 Å². The fraction of sp³-hybridized carbons (Fsp3) is 0.200. The highest BCUT2D eigenvalue weighted by atomic mass is 19.1. The van der Waals surface area contributed by atoms with E-state index in [9.17, 15) is 4.39 Å². The molecule has 0 atom stereocenters. The smallest absolute Gasteiger partial charge is 0.221 e. The highest BCUT2D eigenvalue weighted by Crippen LogP contribution is 2.22. The first-order valence-electron chi connectivity index (χ1n) is 6.53. The Morgan fingerprint density at radius 2 is 2.09 bits per heavy atom. The van der Waals surface area contributed by atoms with E-state index in [2.05, 4.69) is 16.1 Å². The molecule has 118 valence electrons. The SMILES string of the molecule is CNc1cccc(F)c1COc1cccnc1C.NNC=O. The van der Waals surface area contributed by atoms with Gasteiger partial charge in [-0.1, -0.05) is 6.07 Å². The van der Waals surface area contributed by atoms with Gasteiger partial charge in [-0.3, -0.25) is 15.2 Å². The average Bonchev–Trinajstić information content (AvgIpc) is 2.55. The van der Waals surface area contributed by atoms with Crippen molar-refractivity contribution in [2.45, 2.75) is 13.5 Å². The number of hydrazine groups is 1. The van der Waals surface area contributed by atoms with Crippen molar-refractivity contribution in [3.05, 3.63) is 53.6 Å². The van der Waals surface area contributed by atoms with Crippen LogP contribution in [0.4, 0.5) is 10.1 Å². The molecule has 7 heteroatoms. The minimum Gasteiger partial charge on any atom is -0.487 e. The van der Waals surface area contributed by atoms with Crippen molar-refractivity contribution in [3.63, 3.8) is 0 Å². The van der Waals surface area contributed by atoms with E-state index in [4.69, 9.17) is 9.53 Å². The van der Waals surface area contributed by atoms with E-state index in [1.165, 1.54) is 6.07 Å². The van der Waals surface area contributed by atoms with Crippen LogP contribution in [-0.2, 0) is 11.4 Å². The topological polar surface area (TPSA) is 89.3 Å². The van der Waals surface area contributed by atoms with Gasteiger partial charge in [0.2, 0.25) is 6.41 Å². The second-order valence-corrected chi connectivity index (χ2v) is 4.18. The van der Waals surface area contributed by atoms with E-state index < -0.39 is 0 Å². The standard InChI is InChI=1S/C14H15FN2O.CH4N2O/c1-10-14(7-4-8-17-10)18-9-11-12(15)5-3-6-13(11)16-2;2-3-1-4/h3-8,16H,9H2,1-2H3;1H,2H2,(H,3,4). The van der Waals surface area contributed by atoms with Crippen LogP contribution in [0.25, 0.3) is 0 Å². The maximum absolute atomic E-state index is 13.7. The van der Waals surface area contributed by atoms with Gasteiger partial charge in [0.15, 0.2) is 0 Å². The summed E-state index contributed by atoms with van der Waals surface area (Å²) >= 11 is 0. The summed E-state index contributed by atoms with van der Waals surface area (Å²) in [7, 11) is 1.76. The largest absolute Gasteiger partial charge is 0.487 e. The number of halogens is 1. The van der Waals surface area contributed by atoms with Gasteiger partial charge in [0.1, 0.15) is 18.2 Å². The number of nitrogens with one attached hydrogen (secondary N) is 2. The maximum Gasteiger partial charge on any atom is 0.221 e. The number of rotatable bonds is 5. The molecule has 22 heavy (non-hydrogen) atoms. The van der Waals surface area contributed by atoms with E-state index in [0.29, 0.717) is 17.7 Å². The molecule has 0 spiro atoms. The lowest BCUT2D eigenvalue weighted by atomic mass is 10.2. The third-order valence-electron chi connectivity index (χ3n) is 2.79. The number of nitrogens with zero attached hydrogens (tertiary/aromatic N) is 1. The number of carbonyl (C=O) groups is 1. The van der Waals surface area contributed by atoms with Crippen molar-refractivity contribution < 1.29 is 13.9 Å². The van der Waals surface area contributed by atoms with Crippen LogP contribution in [0.5, 0.6) is 5.75 Å². The van der Waals surface area contributed by atoms with Crippen LogP contribution < -0.4 is 21.3 Å². The van der Waals surface area contributed by atoms with Gasteiger partial charge in [0, 0.05) is 24.5 Å². The maximum atomic E-state index is 13.7. The Balaban J connectivity index is 0.000000541. The minimum absolute atomic E-state index is 0.176. The van der Waals surface area contributed by atoms with Crippen LogP contribution in [0.3, 0.4) is 0 Å². The van der Waals surface area contributed by atoms with E-state index in [1.54, 1.807) is 30.8 Å². The van der Waals surface area contributed by atoms with Crippen LogP contribution in [0, 0.1) is 12.7 Å². The minimum atomic E-state index is -0.275. The summed E-state index contributed by atoms with van der Waals surface area (Å²) in [6, 6.07) is 8.53. The summed E-state index contributed by atoms with van der Waals surface area (Å²) in [5, 5.41) is 2.95. The van der Waals surface area contributed by atoms with Gasteiger partial charge >= 0.3 is 0 Å². The first-order valence-corrected chi connectivity index (χ1v) is 6.53. The number of benzene rings is 1. The molecule has 0 bridgehead atoms. The molecule has 0 aliphatic carbocycles. The third kappa shape index (κ3) is 5.02. The molecule has 0 aliphatic heterocycles. The molecule has 1 aromatic carbocycles. The fourth-order valence-electron chi connectivity index (χ4n) is 1.71. The molecule has 0 aliphatic rings. The Morgan fingerprint density at radius 1 is 1.36 bits per heavy atom. The number of amides is 1. The number of anilines is 1. The number of aromatic nitrogens is 1. The second-order valence-electron chi connectivity index (χ2n) is 4.18. The predicted molar refractivity (Wildman–Crippen MR) is 82.6 cm³/mol. The molecule has 2 rings (SSSR count). The van der Waals surface area contributed by atoms with Crippen LogP contribution in [-0.4, -0.2) is 18.4 Å². The molecule has 1 amide bonds. The second kappa shape index (κ2) is 9.30. The normalized spacial score (nSPS) is 9.27. The monoisotopic (exact) mass is 306 g/mol. The lowest BCUT2D eigenvalue weighted by molar-refractivity contribution is -0.109. The van der Waals surface area contributed by atoms with Gasteiger partial charge < -0.3 is 10.1 Å². The molecule has 1 heterocycles. The molecule has 0 fully saturated rings. The molecular weight excluding hydrogens is 287 g/mol. The fourth-order valence-corrected chi connectivity index (χ4v) is 1.71. The molecule has 0 unspecified atom stereocenters. The van der Waals surface area contributed by atoms with Gasteiger partial charge in [0.05, 0.1) is 5.69 Å². The Labute approximate surface area is 128 Å². The number of aryl methyl sites for hydroxylation is 1. The van der Waals surface area contributed by atoms with Crippen LogP contribution in [0.1, 0.15) is 11.3 Å². The van der Waals surface area contributed by atoms with Crippen LogP contribution >= 0.6 is 0 Å². The van der Waals surface area contributed by atoms with Gasteiger partial charge in [0.25, 0.3) is 0 Å². The van der Waals surface area contributed by atoms with Gasteiger partial charge in [-0.2, -0.15) is 0 Å². The third-order valence-corrected chi connectivity index (χ3v) is 2.79. The summed E-state index contributed by atoms with van der Waals surface area (Å²) in [6.07, 6.45) is 2.10. The molecule has 4 N–H and O–H groups in total. The van der Waals surface area contributed by atoms with Gasteiger partial charge in [-0.25, -0.2) is 10.2 Å². The van der Waals surface area contributed by atoms with Crippen molar-refractivity contribution in [2.24, 2.45) is 5.84 Å². The number of pyridine rings is 1. The molecule has 2 aromatic rings. The number of carbonyl (C=O) groups excluding carboxylic acids is 1. The molecule has 1 aromatic heterocycles. The van der Waals surface area contributed by atoms with Crippen LogP contribution in [0.2, 0.25) is 0 Å². The molecule has 6 nitrogen and oxygen atoms in total. The molecule has 0 saturated carbocycles. The van der Waals surface area contributed by atoms with Crippen molar-refractivity contribution in [2.75, 3.05) is 12.4 Å². The quantitative estimate of drug-likeness (QED) is 0.339. The number of ether oxygens (including phenoxy) is 1. The predicted octanol–water partition coefficient (Wildman–Crippen LogP) is 1.76. The van der Waals surface area contributed by atoms with E-state index in [0.717, 1.165) is 11.4 Å². The Bertz CT molecular complexity index is 608. The lowest BCUT2D eigenvalue weighted by Crippen LogP contribution is -2.18. The van der Waals surface area contributed by atoms with Crippen LogP contribution in [0.15, 0.2) is 36.5 Å². The van der Waals surface area contributed by atoms with Crippen molar-refractivity contribution in [1.82, 2.24) is 10.4 Å². The summed E-state index contributed by atoms with van der Waals surface area (Å²) in [5.74, 6) is 4.80. The number of hydrogen-bond donors (Lipinski definition) is 3. The highest BCUT2D eigenvalue weighted by Gasteiger charge is 2.09. The molecule has 0 saturated heterocycles. The summed E-state index contributed by atoms with van der Waals surface area (Å²) in [5.41, 5.74) is 3.79. The number of hydrogen-bond acceptors (Lipinski definition) is 5. The van der Waals surface area contributed by atoms with Gasteiger partial charge in [-0.05, 0) is 31.2 Å². The Kier molecular flexibility index (Phi) is 7.35. The first kappa shape index (κ1) is 17.4. The zero-order chi connectivity index (χ0) is 16.4. The molecule has 0 radical (unpaired) electrons. The zero-order valence-electron chi connectivity index (χ0n) is 12.5. The summed E-state index contributed by atoms with van der Waals surface area (Å²) in [4.78, 5) is 13.1. The van der Waals surface area contributed by atoms with E-state index >= 15 is 0 Å².